The Bertz CT molecular complexity index is 738. The molecule has 1 N–H and O–H groups in total. The number of nitrogens with zero attached hydrogens (tertiary/aromatic N) is 1. The van der Waals surface area contributed by atoms with E-state index in [0.29, 0.717) is 6.04 Å². The number of hydrogen-bond acceptors (Lipinski definition) is 2. The highest BCUT2D eigenvalue weighted by Crippen LogP contribution is 2.71. The molecule has 21 heavy (non-hydrogen) atoms. The normalized spacial score (nSPS) is 20.1. The molecule has 0 spiro atoms. The second kappa shape index (κ2) is 4.35. The summed E-state index contributed by atoms with van der Waals surface area (Å²) in [6, 6.07) is 6.59. The number of nitrogens with one attached hydrogen (secondary N) is 1. The van der Waals surface area contributed by atoms with E-state index in [-0.39, 0.29) is 16.9 Å². The second-order valence-electron chi connectivity index (χ2n) is 7.46. The van der Waals surface area contributed by atoms with Gasteiger partial charge >= 0.3 is 0 Å². The quantitative estimate of drug-likeness (QED) is 0.800. The van der Waals surface area contributed by atoms with Crippen LogP contribution in [0.1, 0.15) is 47.6 Å². The fraction of sp³-hybridized carbons (Fsp3) is 0.588. The summed E-state index contributed by atoms with van der Waals surface area (Å²) < 4.78 is 8.97. The standard InChI is InChI=1S/C17H24N2OS/c1-10(2)20-12-9-7-8-11-13(12)18-15(21)19(11)14-16(3,4)17(14,5)6/h7-10,14H,1-6H3,(H,18,21). The predicted molar refractivity (Wildman–Crippen MR) is 89.5 cm³/mol. The molecule has 1 aliphatic rings. The van der Waals surface area contributed by atoms with Crippen LogP contribution in [0.3, 0.4) is 0 Å². The van der Waals surface area contributed by atoms with Crippen LogP contribution in [-0.4, -0.2) is 15.7 Å². The Hall–Kier alpha value is -1.29. The van der Waals surface area contributed by atoms with Gasteiger partial charge in [0.05, 0.1) is 11.6 Å². The number of fused-ring (bicyclic) bond motifs is 1. The largest absolute Gasteiger partial charge is 0.489 e. The van der Waals surface area contributed by atoms with Gasteiger partial charge in [-0.2, -0.15) is 0 Å². The zero-order chi connectivity index (χ0) is 15.6. The van der Waals surface area contributed by atoms with Crippen LogP contribution in [0.4, 0.5) is 0 Å². The van der Waals surface area contributed by atoms with Gasteiger partial charge in [0.1, 0.15) is 11.3 Å². The van der Waals surface area contributed by atoms with Crippen LogP contribution in [0.15, 0.2) is 18.2 Å². The molecule has 1 aromatic heterocycles. The van der Waals surface area contributed by atoms with Crippen molar-refractivity contribution < 1.29 is 4.74 Å². The maximum Gasteiger partial charge on any atom is 0.178 e. The molecule has 2 aromatic rings. The number of para-hydroxylation sites is 1. The molecule has 1 aromatic carbocycles. The van der Waals surface area contributed by atoms with Gasteiger partial charge in [0.25, 0.3) is 0 Å². The third kappa shape index (κ3) is 1.95. The summed E-state index contributed by atoms with van der Waals surface area (Å²) in [5.74, 6) is 0.878. The first-order valence-electron chi connectivity index (χ1n) is 7.58. The molecule has 1 saturated carbocycles. The number of hydrogen-bond donors (Lipinski definition) is 1. The number of aromatic amines is 1. The average molecular weight is 304 g/mol. The second-order valence-corrected chi connectivity index (χ2v) is 7.85. The molecule has 0 atom stereocenters. The lowest BCUT2D eigenvalue weighted by Crippen LogP contribution is -2.06. The van der Waals surface area contributed by atoms with E-state index < -0.39 is 0 Å². The lowest BCUT2D eigenvalue weighted by atomic mass is 10.0. The summed E-state index contributed by atoms with van der Waals surface area (Å²) in [4.78, 5) is 3.35. The molecule has 3 nitrogen and oxygen atoms in total. The summed E-state index contributed by atoms with van der Waals surface area (Å²) in [7, 11) is 0. The molecule has 1 aliphatic carbocycles. The van der Waals surface area contributed by atoms with Gasteiger partial charge in [0, 0.05) is 6.04 Å². The van der Waals surface area contributed by atoms with E-state index in [1.165, 1.54) is 0 Å². The highest BCUT2D eigenvalue weighted by molar-refractivity contribution is 7.71. The lowest BCUT2D eigenvalue weighted by molar-refractivity contribution is 0.245. The molecule has 0 aliphatic heterocycles. The van der Waals surface area contributed by atoms with Gasteiger partial charge in [0.2, 0.25) is 0 Å². The van der Waals surface area contributed by atoms with Crippen LogP contribution >= 0.6 is 12.2 Å². The fourth-order valence-corrected chi connectivity index (χ4v) is 3.84. The molecule has 0 radical (unpaired) electrons. The van der Waals surface area contributed by atoms with Crippen LogP contribution in [0, 0.1) is 15.6 Å². The van der Waals surface area contributed by atoms with Gasteiger partial charge in [-0.25, -0.2) is 0 Å². The first kappa shape index (κ1) is 14.6. The van der Waals surface area contributed by atoms with E-state index in [1.807, 2.05) is 26.0 Å². The van der Waals surface area contributed by atoms with Crippen LogP contribution in [-0.2, 0) is 0 Å². The van der Waals surface area contributed by atoms with Crippen LogP contribution < -0.4 is 4.74 Å². The van der Waals surface area contributed by atoms with Gasteiger partial charge < -0.3 is 14.3 Å². The van der Waals surface area contributed by atoms with Gasteiger partial charge in [-0.3, -0.25) is 0 Å². The lowest BCUT2D eigenvalue weighted by Gasteiger charge is -2.11. The van der Waals surface area contributed by atoms with E-state index in [9.17, 15) is 0 Å². The van der Waals surface area contributed by atoms with Crippen molar-refractivity contribution in [1.82, 2.24) is 9.55 Å². The Morgan fingerprint density at radius 2 is 1.81 bits per heavy atom. The Kier molecular flexibility index (Phi) is 3.04. The molecule has 1 heterocycles. The predicted octanol–water partition coefficient (Wildman–Crippen LogP) is 5.09. The minimum absolute atomic E-state index is 0.148. The van der Waals surface area contributed by atoms with Gasteiger partial charge in [0.15, 0.2) is 4.77 Å². The third-order valence-corrected chi connectivity index (χ3v) is 5.58. The van der Waals surface area contributed by atoms with Crippen molar-refractivity contribution in [1.29, 1.82) is 0 Å². The summed E-state index contributed by atoms with van der Waals surface area (Å²) in [5.41, 5.74) is 2.64. The Morgan fingerprint density at radius 1 is 1.19 bits per heavy atom. The molecule has 0 amide bonds. The van der Waals surface area contributed by atoms with Crippen molar-refractivity contribution in [2.24, 2.45) is 10.8 Å². The van der Waals surface area contributed by atoms with E-state index in [0.717, 1.165) is 21.6 Å². The summed E-state index contributed by atoms with van der Waals surface area (Å²) in [6.07, 6.45) is 0.148. The molecular formula is C17H24N2OS. The van der Waals surface area contributed by atoms with Gasteiger partial charge in [-0.05, 0) is 49.0 Å². The smallest absolute Gasteiger partial charge is 0.178 e. The van der Waals surface area contributed by atoms with Crippen molar-refractivity contribution in [2.75, 3.05) is 0 Å². The first-order valence-corrected chi connectivity index (χ1v) is 7.98. The summed E-state index contributed by atoms with van der Waals surface area (Å²) in [5, 5.41) is 0. The topological polar surface area (TPSA) is 29.9 Å². The molecule has 1 fully saturated rings. The molecule has 0 bridgehead atoms. The molecule has 4 heteroatoms. The number of imidazole rings is 1. The van der Waals surface area contributed by atoms with Crippen LogP contribution in [0.25, 0.3) is 11.0 Å². The zero-order valence-corrected chi connectivity index (χ0v) is 14.5. The third-order valence-electron chi connectivity index (χ3n) is 5.28. The van der Waals surface area contributed by atoms with Crippen LogP contribution in [0.2, 0.25) is 0 Å². The highest BCUT2D eigenvalue weighted by Gasteiger charge is 2.66. The minimum atomic E-state index is 0.148. The highest BCUT2D eigenvalue weighted by atomic mass is 32.1. The van der Waals surface area contributed by atoms with Crippen molar-refractivity contribution in [2.45, 2.75) is 53.7 Å². The van der Waals surface area contributed by atoms with E-state index >= 15 is 0 Å². The Balaban J connectivity index is 2.19. The van der Waals surface area contributed by atoms with Crippen molar-refractivity contribution in [3.8, 4) is 5.75 Å². The van der Waals surface area contributed by atoms with Crippen molar-refractivity contribution in [3.63, 3.8) is 0 Å². The minimum Gasteiger partial charge on any atom is -0.489 e. The molecule has 114 valence electrons. The van der Waals surface area contributed by atoms with E-state index in [4.69, 9.17) is 17.0 Å². The number of ether oxygens (including phenoxy) is 1. The van der Waals surface area contributed by atoms with E-state index in [2.05, 4.69) is 43.3 Å². The maximum atomic E-state index is 5.91. The maximum absolute atomic E-state index is 5.91. The van der Waals surface area contributed by atoms with Crippen LogP contribution in [0.5, 0.6) is 5.75 Å². The Labute approximate surface area is 131 Å². The summed E-state index contributed by atoms with van der Waals surface area (Å²) in [6.45, 7) is 13.3. The van der Waals surface area contributed by atoms with Gasteiger partial charge in [-0.1, -0.05) is 33.8 Å². The first-order chi connectivity index (χ1) is 9.68. The molecule has 0 saturated heterocycles. The number of aromatic nitrogens is 2. The molecule has 0 unspecified atom stereocenters. The Morgan fingerprint density at radius 3 is 2.33 bits per heavy atom. The van der Waals surface area contributed by atoms with Crippen molar-refractivity contribution in [3.05, 3.63) is 23.0 Å². The zero-order valence-electron chi connectivity index (χ0n) is 13.7. The molecule has 3 rings (SSSR count). The monoisotopic (exact) mass is 304 g/mol. The number of H-pyrrole nitrogens is 1. The average Bonchev–Trinajstić information content (AvgIpc) is 2.65. The molecular weight excluding hydrogens is 280 g/mol. The van der Waals surface area contributed by atoms with Gasteiger partial charge in [-0.15, -0.1) is 0 Å². The summed E-state index contributed by atoms with van der Waals surface area (Å²) >= 11 is 5.60. The number of rotatable bonds is 3. The number of benzene rings is 1. The van der Waals surface area contributed by atoms with Crippen molar-refractivity contribution >= 4 is 23.3 Å². The SMILES string of the molecule is CC(C)Oc1cccc2c1[nH]c(=S)n2C1C(C)(C)C1(C)C. The van der Waals surface area contributed by atoms with E-state index in [1.54, 1.807) is 0 Å². The fourth-order valence-electron chi connectivity index (χ4n) is 3.54.